The van der Waals surface area contributed by atoms with Crippen LogP contribution < -0.4 is 5.32 Å². The number of thiazole rings is 2. The molecule has 2 rings (SSSR count). The van der Waals surface area contributed by atoms with Gasteiger partial charge in [0.1, 0.15) is 9.88 Å². The molecule has 0 bridgehead atoms. The van der Waals surface area contributed by atoms with Gasteiger partial charge in [-0.1, -0.05) is 11.3 Å². The fraction of sp³-hybridized carbons (Fsp3) is 0.222. The maximum absolute atomic E-state index is 10.7. The van der Waals surface area contributed by atoms with Crippen molar-refractivity contribution < 1.29 is 9.90 Å². The van der Waals surface area contributed by atoms with E-state index in [0.29, 0.717) is 5.13 Å². The highest BCUT2D eigenvalue weighted by Crippen LogP contribution is 2.24. The summed E-state index contributed by atoms with van der Waals surface area (Å²) in [5, 5.41) is 15.3. The van der Waals surface area contributed by atoms with Crippen molar-refractivity contribution in [2.24, 2.45) is 0 Å². The van der Waals surface area contributed by atoms with Crippen LogP contribution in [-0.2, 0) is 0 Å². The molecule has 84 valence electrons. The zero-order valence-corrected chi connectivity index (χ0v) is 10.0. The summed E-state index contributed by atoms with van der Waals surface area (Å²) in [6.07, 6.45) is 3.09. The minimum absolute atomic E-state index is 0.0350. The Hall–Kier alpha value is -1.47. The summed E-state index contributed by atoms with van der Waals surface area (Å²) in [4.78, 5) is 19.1. The van der Waals surface area contributed by atoms with Crippen LogP contribution in [0, 0.1) is 0 Å². The highest BCUT2D eigenvalue weighted by atomic mass is 32.1. The zero-order valence-electron chi connectivity index (χ0n) is 8.38. The van der Waals surface area contributed by atoms with Gasteiger partial charge in [0.2, 0.25) is 0 Å². The minimum Gasteiger partial charge on any atom is -0.477 e. The third kappa shape index (κ3) is 2.37. The largest absolute Gasteiger partial charge is 0.477 e. The van der Waals surface area contributed by atoms with Crippen LogP contribution in [0.5, 0.6) is 0 Å². The third-order valence-corrected chi connectivity index (χ3v) is 3.75. The molecule has 0 spiro atoms. The second kappa shape index (κ2) is 4.58. The molecular formula is C9H9N3O2S2. The van der Waals surface area contributed by atoms with Gasteiger partial charge >= 0.3 is 5.97 Å². The number of carboxylic acid groups (broad SMARTS) is 1. The van der Waals surface area contributed by atoms with E-state index in [4.69, 9.17) is 5.11 Å². The summed E-state index contributed by atoms with van der Waals surface area (Å²) in [5.41, 5.74) is 0. The second-order valence-electron chi connectivity index (χ2n) is 3.07. The second-order valence-corrected chi connectivity index (χ2v) is 5.03. The Labute approximate surface area is 99.8 Å². The monoisotopic (exact) mass is 255 g/mol. The summed E-state index contributed by atoms with van der Waals surface area (Å²) in [6.45, 7) is 1.96. The van der Waals surface area contributed by atoms with Crippen LogP contribution in [0.4, 0.5) is 5.13 Å². The van der Waals surface area contributed by atoms with E-state index < -0.39 is 5.97 Å². The van der Waals surface area contributed by atoms with Gasteiger partial charge in [0.15, 0.2) is 5.13 Å². The molecule has 2 N–H and O–H groups in total. The molecule has 1 unspecified atom stereocenters. The number of aromatic nitrogens is 2. The fourth-order valence-electron chi connectivity index (χ4n) is 1.13. The van der Waals surface area contributed by atoms with Gasteiger partial charge in [0.05, 0.1) is 12.2 Å². The van der Waals surface area contributed by atoms with Crippen molar-refractivity contribution in [3.63, 3.8) is 0 Å². The quantitative estimate of drug-likeness (QED) is 0.877. The molecular weight excluding hydrogens is 246 g/mol. The molecule has 0 saturated heterocycles. The highest BCUT2D eigenvalue weighted by Gasteiger charge is 2.12. The zero-order chi connectivity index (χ0) is 11.5. The summed E-state index contributed by atoms with van der Waals surface area (Å²) in [7, 11) is 0. The number of hydrogen-bond acceptors (Lipinski definition) is 6. The lowest BCUT2D eigenvalue weighted by Gasteiger charge is -2.08. The maximum atomic E-state index is 10.7. The van der Waals surface area contributed by atoms with E-state index in [2.05, 4.69) is 15.3 Å². The number of nitrogens with one attached hydrogen (secondary N) is 1. The molecule has 16 heavy (non-hydrogen) atoms. The first-order chi connectivity index (χ1) is 7.66. The molecule has 0 aliphatic carbocycles. The van der Waals surface area contributed by atoms with Crippen LogP contribution in [0.2, 0.25) is 0 Å². The first kappa shape index (κ1) is 11.0. The molecule has 0 aliphatic heterocycles. The lowest BCUT2D eigenvalue weighted by atomic mass is 10.4. The van der Waals surface area contributed by atoms with Crippen molar-refractivity contribution >= 4 is 33.8 Å². The van der Waals surface area contributed by atoms with Crippen molar-refractivity contribution in [1.29, 1.82) is 0 Å². The van der Waals surface area contributed by atoms with Gasteiger partial charge in [0.25, 0.3) is 0 Å². The first-order valence-corrected chi connectivity index (χ1v) is 6.21. The molecule has 5 nitrogen and oxygen atoms in total. The van der Waals surface area contributed by atoms with E-state index in [9.17, 15) is 4.79 Å². The van der Waals surface area contributed by atoms with Crippen LogP contribution in [0.1, 0.15) is 27.6 Å². The molecule has 0 fully saturated rings. The number of rotatable bonds is 4. The molecule has 2 aromatic rings. The number of carbonyl (C=O) groups is 1. The van der Waals surface area contributed by atoms with E-state index in [1.165, 1.54) is 6.20 Å². The maximum Gasteiger partial charge on any atom is 0.347 e. The topological polar surface area (TPSA) is 75.1 Å². The number of aromatic carboxylic acids is 1. The van der Waals surface area contributed by atoms with Crippen molar-refractivity contribution in [2.75, 3.05) is 5.32 Å². The normalized spacial score (nSPS) is 12.3. The predicted molar refractivity (Wildman–Crippen MR) is 63.2 cm³/mol. The Morgan fingerprint density at radius 3 is 2.94 bits per heavy atom. The summed E-state index contributed by atoms with van der Waals surface area (Å²) < 4.78 is 0. The van der Waals surface area contributed by atoms with Gasteiger partial charge in [-0.3, -0.25) is 0 Å². The van der Waals surface area contributed by atoms with Gasteiger partial charge in [-0.15, -0.1) is 11.3 Å². The predicted octanol–water partition coefficient (Wildman–Crippen LogP) is 2.47. The molecule has 2 heterocycles. The van der Waals surface area contributed by atoms with Gasteiger partial charge in [-0.2, -0.15) is 0 Å². The summed E-state index contributed by atoms with van der Waals surface area (Å²) in [6, 6.07) is 0.0350. The average molecular weight is 255 g/mol. The Morgan fingerprint density at radius 2 is 2.38 bits per heavy atom. The van der Waals surface area contributed by atoms with Crippen molar-refractivity contribution in [3.8, 4) is 0 Å². The number of hydrogen-bond donors (Lipinski definition) is 2. The van der Waals surface area contributed by atoms with E-state index >= 15 is 0 Å². The lowest BCUT2D eigenvalue weighted by molar-refractivity contribution is 0.0702. The molecule has 7 heteroatoms. The Kier molecular flexibility index (Phi) is 3.16. The van der Waals surface area contributed by atoms with E-state index in [-0.39, 0.29) is 10.9 Å². The van der Waals surface area contributed by atoms with Crippen molar-refractivity contribution in [1.82, 2.24) is 9.97 Å². The minimum atomic E-state index is -0.951. The smallest absolute Gasteiger partial charge is 0.347 e. The van der Waals surface area contributed by atoms with Gasteiger partial charge in [-0.25, -0.2) is 14.8 Å². The highest BCUT2D eigenvalue weighted by molar-refractivity contribution is 7.17. The summed E-state index contributed by atoms with van der Waals surface area (Å²) in [5.74, 6) is -0.951. The Balaban J connectivity index is 2.06. The van der Waals surface area contributed by atoms with E-state index in [1.807, 2.05) is 12.3 Å². The summed E-state index contributed by atoms with van der Waals surface area (Å²) >= 11 is 2.67. The first-order valence-electron chi connectivity index (χ1n) is 4.52. The molecule has 0 saturated carbocycles. The standard InChI is InChI=1S/C9H9N3O2S2/c1-5(7-10-2-3-15-7)12-9-11-4-6(16-9)8(13)14/h2-5H,1H3,(H,11,12)(H,13,14). The van der Waals surface area contributed by atoms with Crippen molar-refractivity contribution in [3.05, 3.63) is 27.7 Å². The molecule has 0 aromatic carbocycles. The van der Waals surface area contributed by atoms with E-state index in [0.717, 1.165) is 16.3 Å². The van der Waals surface area contributed by atoms with Gasteiger partial charge in [0, 0.05) is 11.6 Å². The number of carboxylic acids is 1. The number of anilines is 1. The van der Waals surface area contributed by atoms with Crippen molar-refractivity contribution in [2.45, 2.75) is 13.0 Å². The van der Waals surface area contributed by atoms with Gasteiger partial charge < -0.3 is 10.4 Å². The third-order valence-electron chi connectivity index (χ3n) is 1.88. The van der Waals surface area contributed by atoms with Crippen LogP contribution in [-0.4, -0.2) is 21.0 Å². The Morgan fingerprint density at radius 1 is 1.56 bits per heavy atom. The SMILES string of the molecule is CC(Nc1ncc(C(=O)O)s1)c1nccs1. The van der Waals surface area contributed by atoms with Gasteiger partial charge in [-0.05, 0) is 6.92 Å². The van der Waals surface area contributed by atoms with Crippen LogP contribution >= 0.6 is 22.7 Å². The van der Waals surface area contributed by atoms with Crippen LogP contribution in [0.15, 0.2) is 17.8 Å². The fourth-order valence-corrected chi connectivity index (χ4v) is 2.52. The number of nitrogens with zero attached hydrogens (tertiary/aromatic N) is 2. The molecule has 0 aliphatic rings. The van der Waals surface area contributed by atoms with Crippen LogP contribution in [0.3, 0.4) is 0 Å². The lowest BCUT2D eigenvalue weighted by Crippen LogP contribution is -2.05. The molecule has 0 amide bonds. The molecule has 1 atom stereocenters. The van der Waals surface area contributed by atoms with Crippen LogP contribution in [0.25, 0.3) is 0 Å². The molecule has 0 radical (unpaired) electrons. The van der Waals surface area contributed by atoms with E-state index in [1.54, 1.807) is 17.5 Å². The Bertz CT molecular complexity index is 481. The molecule has 2 aromatic heterocycles. The average Bonchev–Trinajstić information content (AvgIpc) is 2.87.